The Morgan fingerprint density at radius 3 is 3.04 bits per heavy atom. The van der Waals surface area contributed by atoms with Crippen LogP contribution >= 0.6 is 11.6 Å². The first-order chi connectivity index (χ1) is 12.7. The third-order valence-electron chi connectivity index (χ3n) is 4.71. The Kier molecular flexibility index (Phi) is 4.51. The number of rotatable bonds is 3. The first kappa shape index (κ1) is 16.8. The van der Waals surface area contributed by atoms with Gasteiger partial charge in [-0.1, -0.05) is 11.6 Å². The average Bonchev–Trinajstić information content (AvgIpc) is 3.11. The van der Waals surface area contributed by atoms with E-state index in [2.05, 4.69) is 9.97 Å². The Labute approximate surface area is 155 Å². The molecule has 26 heavy (non-hydrogen) atoms. The van der Waals surface area contributed by atoms with Crippen molar-refractivity contribution < 1.29 is 13.9 Å². The van der Waals surface area contributed by atoms with Crippen LogP contribution in [0.25, 0.3) is 11.0 Å². The topological polar surface area (TPSA) is 68.5 Å². The molecule has 1 aromatic carbocycles. The highest BCUT2D eigenvalue weighted by Crippen LogP contribution is 2.33. The number of nitrogens with zero attached hydrogens (tertiary/aromatic N) is 3. The number of amides is 1. The van der Waals surface area contributed by atoms with E-state index in [1.54, 1.807) is 37.8 Å². The number of aromatic nitrogens is 2. The van der Waals surface area contributed by atoms with Gasteiger partial charge in [-0.25, -0.2) is 9.97 Å². The number of benzene rings is 1. The van der Waals surface area contributed by atoms with Crippen LogP contribution in [0.5, 0.6) is 5.75 Å². The summed E-state index contributed by atoms with van der Waals surface area (Å²) in [5.41, 5.74) is 1.50. The van der Waals surface area contributed by atoms with Gasteiger partial charge >= 0.3 is 0 Å². The minimum Gasteiger partial charge on any atom is -0.493 e. The van der Waals surface area contributed by atoms with Crippen molar-refractivity contribution in [2.24, 2.45) is 0 Å². The Morgan fingerprint density at radius 1 is 1.38 bits per heavy atom. The molecule has 1 saturated heterocycles. The minimum absolute atomic E-state index is 0.127. The summed E-state index contributed by atoms with van der Waals surface area (Å²) in [7, 11) is 1.55. The van der Waals surface area contributed by atoms with E-state index in [4.69, 9.17) is 20.8 Å². The molecule has 4 rings (SSSR count). The predicted octanol–water partition coefficient (Wildman–Crippen LogP) is 3.90. The van der Waals surface area contributed by atoms with Crippen LogP contribution in [-0.2, 0) is 0 Å². The molecule has 6 nitrogen and oxygen atoms in total. The van der Waals surface area contributed by atoms with Crippen LogP contribution in [-0.4, -0.2) is 41.0 Å². The molecule has 0 radical (unpaired) electrons. The van der Waals surface area contributed by atoms with Crippen molar-refractivity contribution in [3.05, 3.63) is 53.3 Å². The highest BCUT2D eigenvalue weighted by Gasteiger charge is 2.28. The lowest BCUT2D eigenvalue weighted by Crippen LogP contribution is -2.39. The lowest BCUT2D eigenvalue weighted by Gasteiger charge is -2.31. The maximum atomic E-state index is 13.0. The fraction of sp³-hybridized carbons (Fsp3) is 0.316. The Bertz CT molecular complexity index is 942. The molecule has 1 atom stereocenters. The average molecular weight is 372 g/mol. The predicted molar refractivity (Wildman–Crippen MR) is 97.7 cm³/mol. The van der Waals surface area contributed by atoms with Gasteiger partial charge < -0.3 is 14.1 Å². The van der Waals surface area contributed by atoms with E-state index < -0.39 is 0 Å². The summed E-state index contributed by atoms with van der Waals surface area (Å²) in [6.45, 7) is 1.32. The van der Waals surface area contributed by atoms with Crippen molar-refractivity contribution in [2.45, 2.75) is 18.8 Å². The molecule has 1 aliphatic rings. The number of likely N-dealkylation sites (tertiary alicyclic amines) is 1. The SMILES string of the molecule is COc1cc(Cl)cc2cc(C(=O)N3CCC[C@H](c4ccncn4)C3)oc12. The lowest BCUT2D eigenvalue weighted by atomic mass is 9.94. The maximum Gasteiger partial charge on any atom is 0.289 e. The van der Waals surface area contributed by atoms with Crippen molar-refractivity contribution in [2.75, 3.05) is 20.2 Å². The van der Waals surface area contributed by atoms with E-state index in [9.17, 15) is 4.79 Å². The quantitative estimate of drug-likeness (QED) is 0.698. The largest absolute Gasteiger partial charge is 0.493 e. The molecule has 0 saturated carbocycles. The molecule has 1 aliphatic heterocycles. The molecular formula is C19H18ClN3O3. The molecule has 0 bridgehead atoms. The number of fused-ring (bicyclic) bond motifs is 1. The molecule has 0 unspecified atom stereocenters. The highest BCUT2D eigenvalue weighted by molar-refractivity contribution is 6.31. The Hall–Kier alpha value is -2.60. The van der Waals surface area contributed by atoms with Crippen molar-refractivity contribution in [3.63, 3.8) is 0 Å². The van der Waals surface area contributed by atoms with E-state index in [0.29, 0.717) is 35.2 Å². The summed E-state index contributed by atoms with van der Waals surface area (Å²) >= 11 is 6.10. The van der Waals surface area contributed by atoms with E-state index >= 15 is 0 Å². The van der Waals surface area contributed by atoms with E-state index in [1.165, 1.54) is 0 Å². The van der Waals surface area contributed by atoms with Crippen molar-refractivity contribution in [1.82, 2.24) is 14.9 Å². The number of halogens is 1. The molecule has 1 fully saturated rings. The Balaban J connectivity index is 1.60. The number of piperidine rings is 1. The molecule has 0 spiro atoms. The van der Waals surface area contributed by atoms with Gasteiger partial charge in [0.15, 0.2) is 17.1 Å². The molecule has 3 heterocycles. The molecule has 2 aromatic heterocycles. The lowest BCUT2D eigenvalue weighted by molar-refractivity contribution is 0.0676. The summed E-state index contributed by atoms with van der Waals surface area (Å²) in [6, 6.07) is 7.07. The van der Waals surface area contributed by atoms with Gasteiger partial charge in [0, 0.05) is 47.4 Å². The first-order valence-electron chi connectivity index (χ1n) is 8.48. The fourth-order valence-electron chi connectivity index (χ4n) is 3.44. The summed E-state index contributed by atoms with van der Waals surface area (Å²) in [4.78, 5) is 23.1. The number of methoxy groups -OCH3 is 1. The second kappa shape index (κ2) is 6.96. The number of carbonyl (C=O) groups is 1. The monoisotopic (exact) mass is 371 g/mol. The van der Waals surface area contributed by atoms with Gasteiger partial charge in [-0.2, -0.15) is 0 Å². The van der Waals surface area contributed by atoms with Crippen LogP contribution in [0.2, 0.25) is 5.02 Å². The third-order valence-corrected chi connectivity index (χ3v) is 4.93. The second-order valence-corrected chi connectivity index (χ2v) is 6.80. The van der Waals surface area contributed by atoms with Crippen molar-refractivity contribution >= 4 is 28.5 Å². The van der Waals surface area contributed by atoms with Crippen LogP contribution < -0.4 is 4.74 Å². The number of ether oxygens (including phenoxy) is 1. The number of hydrogen-bond donors (Lipinski definition) is 0. The van der Waals surface area contributed by atoms with Crippen molar-refractivity contribution in [3.8, 4) is 5.75 Å². The van der Waals surface area contributed by atoms with Crippen LogP contribution in [0.15, 0.2) is 41.2 Å². The smallest absolute Gasteiger partial charge is 0.289 e. The standard InChI is InChI=1S/C19H18ClN3O3/c1-25-16-9-14(20)7-13-8-17(26-18(13)16)19(24)23-6-2-3-12(10-23)15-4-5-21-11-22-15/h4-5,7-9,11-12H,2-3,6,10H2,1H3/t12-/m0/s1. The summed E-state index contributed by atoms with van der Waals surface area (Å²) in [5.74, 6) is 0.898. The molecule has 1 amide bonds. The summed E-state index contributed by atoms with van der Waals surface area (Å²) in [6.07, 6.45) is 5.21. The van der Waals surface area contributed by atoms with Gasteiger partial charge in [0.2, 0.25) is 0 Å². The zero-order valence-corrected chi connectivity index (χ0v) is 15.1. The van der Waals surface area contributed by atoms with E-state index in [1.807, 2.05) is 11.0 Å². The minimum atomic E-state index is -0.127. The molecule has 134 valence electrons. The molecule has 7 heteroatoms. The zero-order valence-electron chi connectivity index (χ0n) is 14.3. The van der Waals surface area contributed by atoms with E-state index in [-0.39, 0.29) is 11.8 Å². The molecular weight excluding hydrogens is 354 g/mol. The summed E-state index contributed by atoms with van der Waals surface area (Å²) in [5, 5.41) is 1.29. The Morgan fingerprint density at radius 2 is 2.27 bits per heavy atom. The van der Waals surface area contributed by atoms with Gasteiger partial charge in [0.25, 0.3) is 5.91 Å². The van der Waals surface area contributed by atoms with Crippen molar-refractivity contribution in [1.29, 1.82) is 0 Å². The third kappa shape index (κ3) is 3.12. The van der Waals surface area contributed by atoms with Crippen LogP contribution in [0, 0.1) is 0 Å². The van der Waals surface area contributed by atoms with Crippen LogP contribution in [0.4, 0.5) is 0 Å². The zero-order chi connectivity index (χ0) is 18.1. The molecule has 3 aromatic rings. The van der Waals surface area contributed by atoms with Crippen LogP contribution in [0.3, 0.4) is 0 Å². The first-order valence-corrected chi connectivity index (χ1v) is 8.86. The fourth-order valence-corrected chi connectivity index (χ4v) is 3.66. The number of carbonyl (C=O) groups excluding carboxylic acids is 1. The molecule has 0 aliphatic carbocycles. The van der Waals surface area contributed by atoms with E-state index in [0.717, 1.165) is 23.9 Å². The van der Waals surface area contributed by atoms with Gasteiger partial charge in [-0.05, 0) is 31.0 Å². The van der Waals surface area contributed by atoms with Gasteiger partial charge in [0.05, 0.1) is 7.11 Å². The highest BCUT2D eigenvalue weighted by atomic mass is 35.5. The number of furan rings is 1. The number of hydrogen-bond acceptors (Lipinski definition) is 5. The van der Waals surface area contributed by atoms with Crippen LogP contribution in [0.1, 0.15) is 35.0 Å². The normalized spacial score (nSPS) is 17.5. The van der Waals surface area contributed by atoms with Gasteiger partial charge in [-0.15, -0.1) is 0 Å². The maximum absolute atomic E-state index is 13.0. The van der Waals surface area contributed by atoms with Gasteiger partial charge in [-0.3, -0.25) is 4.79 Å². The second-order valence-electron chi connectivity index (χ2n) is 6.36. The van der Waals surface area contributed by atoms with Gasteiger partial charge in [0.1, 0.15) is 6.33 Å². The molecule has 0 N–H and O–H groups in total. The summed E-state index contributed by atoms with van der Waals surface area (Å²) < 4.78 is 11.1.